The van der Waals surface area contributed by atoms with Gasteiger partial charge in [-0.3, -0.25) is 4.90 Å². The van der Waals surface area contributed by atoms with Gasteiger partial charge in [-0.1, -0.05) is 6.92 Å². The molecule has 2 unspecified atom stereocenters. The van der Waals surface area contributed by atoms with Crippen molar-refractivity contribution in [3.05, 3.63) is 0 Å². The molecule has 1 saturated heterocycles. The average Bonchev–Trinajstić information content (AvgIpc) is 3.04. The molecule has 2 fully saturated rings. The second-order valence-corrected chi connectivity index (χ2v) is 7.86. The van der Waals surface area contributed by atoms with Crippen LogP contribution in [0.2, 0.25) is 0 Å². The molecular weight excluding hydrogens is 250 g/mol. The molecule has 1 saturated carbocycles. The van der Waals surface area contributed by atoms with Crippen molar-refractivity contribution in [3.8, 4) is 0 Å². The summed E-state index contributed by atoms with van der Waals surface area (Å²) in [4.78, 5) is 2.22. The highest BCUT2D eigenvalue weighted by Crippen LogP contribution is 2.38. The highest BCUT2D eigenvalue weighted by molar-refractivity contribution is 7.89. The number of rotatable bonds is 6. The summed E-state index contributed by atoms with van der Waals surface area (Å²) in [5.41, 5.74) is 0. The van der Waals surface area contributed by atoms with Crippen molar-refractivity contribution in [2.75, 3.05) is 52.1 Å². The minimum atomic E-state index is -3.07. The highest BCUT2D eigenvalue weighted by atomic mass is 32.2. The Morgan fingerprint density at radius 1 is 1.33 bits per heavy atom. The zero-order chi connectivity index (χ0) is 13.2. The van der Waals surface area contributed by atoms with E-state index in [4.69, 9.17) is 0 Å². The molecule has 2 atom stereocenters. The molecule has 2 rings (SSSR count). The number of hydrogen-bond acceptors (Lipinski definition) is 4. The predicted molar refractivity (Wildman–Crippen MR) is 73.0 cm³/mol. The number of hydrogen-bond donors (Lipinski definition) is 1. The second-order valence-electron chi connectivity index (χ2n) is 5.66. The number of piperazine rings is 1. The van der Waals surface area contributed by atoms with Gasteiger partial charge in [0, 0.05) is 46.3 Å². The van der Waals surface area contributed by atoms with Crippen LogP contribution in [0.1, 0.15) is 13.3 Å². The maximum Gasteiger partial charge on any atom is 0.215 e. The van der Waals surface area contributed by atoms with E-state index in [2.05, 4.69) is 17.1 Å². The summed E-state index contributed by atoms with van der Waals surface area (Å²) in [7, 11) is -1.35. The lowest BCUT2D eigenvalue weighted by atomic mass is 10.3. The van der Waals surface area contributed by atoms with Gasteiger partial charge in [-0.15, -0.1) is 0 Å². The van der Waals surface area contributed by atoms with Crippen molar-refractivity contribution in [2.45, 2.75) is 13.3 Å². The first-order valence-corrected chi connectivity index (χ1v) is 8.47. The third kappa shape index (κ3) is 3.91. The van der Waals surface area contributed by atoms with Gasteiger partial charge in [0.1, 0.15) is 0 Å². The highest BCUT2D eigenvalue weighted by Gasteiger charge is 2.35. The lowest BCUT2D eigenvalue weighted by molar-refractivity contribution is 0.252. The molecule has 1 N–H and O–H groups in total. The fourth-order valence-electron chi connectivity index (χ4n) is 2.43. The maximum atomic E-state index is 12.1. The number of sulfonamides is 1. The van der Waals surface area contributed by atoms with Gasteiger partial charge < -0.3 is 5.32 Å². The molecule has 0 aromatic carbocycles. The largest absolute Gasteiger partial charge is 0.314 e. The Morgan fingerprint density at radius 3 is 2.50 bits per heavy atom. The molecule has 5 nitrogen and oxygen atoms in total. The molecular formula is C12H25N3O2S. The molecule has 1 aliphatic carbocycles. The first-order valence-electron chi connectivity index (χ1n) is 6.86. The monoisotopic (exact) mass is 275 g/mol. The topological polar surface area (TPSA) is 52.7 Å². The van der Waals surface area contributed by atoms with Crippen LogP contribution < -0.4 is 5.32 Å². The van der Waals surface area contributed by atoms with Gasteiger partial charge in [0.25, 0.3) is 0 Å². The predicted octanol–water partition coefficient (Wildman–Crippen LogP) is -0.191. The smallest absolute Gasteiger partial charge is 0.215 e. The van der Waals surface area contributed by atoms with Gasteiger partial charge in [-0.05, 0) is 18.3 Å². The van der Waals surface area contributed by atoms with Gasteiger partial charge in [0.15, 0.2) is 0 Å². The van der Waals surface area contributed by atoms with Crippen LogP contribution in [-0.2, 0) is 10.0 Å². The van der Waals surface area contributed by atoms with Crippen molar-refractivity contribution in [1.82, 2.24) is 14.5 Å². The lowest BCUT2D eigenvalue weighted by Crippen LogP contribution is -2.46. The summed E-state index contributed by atoms with van der Waals surface area (Å²) in [5, 5.41) is 3.27. The molecule has 1 aliphatic heterocycles. The van der Waals surface area contributed by atoms with Crippen molar-refractivity contribution in [2.24, 2.45) is 11.8 Å². The second kappa shape index (κ2) is 5.86. The zero-order valence-electron chi connectivity index (χ0n) is 11.4. The Bertz CT molecular complexity index is 366. The van der Waals surface area contributed by atoms with Crippen LogP contribution in [-0.4, -0.2) is 69.7 Å². The number of nitrogens with zero attached hydrogens (tertiary/aromatic N) is 2. The van der Waals surface area contributed by atoms with E-state index in [0.29, 0.717) is 24.9 Å². The van der Waals surface area contributed by atoms with Crippen LogP contribution in [0.4, 0.5) is 0 Å². The summed E-state index contributed by atoms with van der Waals surface area (Å²) >= 11 is 0. The standard InChI is InChI=1S/C12H25N3O2S/c1-11-9-12(11)10-14(2)18(16,17)8-7-15-5-3-13-4-6-15/h11-13H,3-10H2,1-2H3. The molecule has 106 valence electrons. The summed E-state index contributed by atoms with van der Waals surface area (Å²) < 4.78 is 25.8. The molecule has 6 heteroatoms. The third-order valence-corrected chi connectivity index (χ3v) is 5.91. The van der Waals surface area contributed by atoms with Gasteiger partial charge in [0.2, 0.25) is 10.0 Å². The summed E-state index contributed by atoms with van der Waals surface area (Å²) in [6.45, 7) is 7.40. The zero-order valence-corrected chi connectivity index (χ0v) is 12.2. The van der Waals surface area contributed by atoms with E-state index < -0.39 is 10.0 Å². The van der Waals surface area contributed by atoms with Gasteiger partial charge in [-0.2, -0.15) is 0 Å². The van der Waals surface area contributed by atoms with E-state index in [1.807, 2.05) is 0 Å². The summed E-state index contributed by atoms with van der Waals surface area (Å²) in [6.07, 6.45) is 1.18. The first kappa shape index (κ1) is 14.2. The quantitative estimate of drug-likeness (QED) is 0.730. The Labute approximate surface area is 111 Å². The molecule has 0 aromatic rings. The molecule has 0 spiro atoms. The first-order chi connectivity index (χ1) is 8.49. The average molecular weight is 275 g/mol. The van der Waals surface area contributed by atoms with E-state index >= 15 is 0 Å². The van der Waals surface area contributed by atoms with Crippen LogP contribution in [0.25, 0.3) is 0 Å². The molecule has 0 amide bonds. The van der Waals surface area contributed by atoms with Crippen LogP contribution in [0.5, 0.6) is 0 Å². The van der Waals surface area contributed by atoms with Crippen LogP contribution in [0, 0.1) is 11.8 Å². The molecule has 1 heterocycles. The van der Waals surface area contributed by atoms with Gasteiger partial charge >= 0.3 is 0 Å². The molecule has 0 radical (unpaired) electrons. The Kier molecular flexibility index (Phi) is 4.64. The maximum absolute atomic E-state index is 12.1. The third-order valence-electron chi connectivity index (χ3n) is 4.12. The molecule has 0 aromatic heterocycles. The van der Waals surface area contributed by atoms with Gasteiger partial charge in [-0.25, -0.2) is 12.7 Å². The van der Waals surface area contributed by atoms with E-state index in [1.54, 1.807) is 11.4 Å². The van der Waals surface area contributed by atoms with E-state index in [1.165, 1.54) is 6.42 Å². The van der Waals surface area contributed by atoms with Crippen molar-refractivity contribution < 1.29 is 8.42 Å². The van der Waals surface area contributed by atoms with Gasteiger partial charge in [0.05, 0.1) is 5.75 Å². The van der Waals surface area contributed by atoms with Crippen molar-refractivity contribution in [1.29, 1.82) is 0 Å². The van der Waals surface area contributed by atoms with Crippen molar-refractivity contribution >= 4 is 10.0 Å². The molecule has 0 bridgehead atoms. The van der Waals surface area contributed by atoms with Crippen LogP contribution in [0.3, 0.4) is 0 Å². The van der Waals surface area contributed by atoms with E-state index in [0.717, 1.165) is 26.2 Å². The van der Waals surface area contributed by atoms with Crippen LogP contribution >= 0.6 is 0 Å². The summed E-state index contributed by atoms with van der Waals surface area (Å²) in [6, 6.07) is 0. The fraction of sp³-hybridized carbons (Fsp3) is 1.00. The number of nitrogens with one attached hydrogen (secondary N) is 1. The Balaban J connectivity index is 1.75. The Hall–Kier alpha value is -0.170. The minimum absolute atomic E-state index is 0.255. The summed E-state index contributed by atoms with van der Waals surface area (Å²) in [5.74, 6) is 1.55. The van der Waals surface area contributed by atoms with E-state index in [-0.39, 0.29) is 5.75 Å². The minimum Gasteiger partial charge on any atom is -0.314 e. The Morgan fingerprint density at radius 2 is 1.94 bits per heavy atom. The normalized spacial score (nSPS) is 29.7. The SMILES string of the molecule is CC1CC1CN(C)S(=O)(=O)CCN1CCNCC1. The molecule has 18 heavy (non-hydrogen) atoms. The molecule has 2 aliphatic rings. The van der Waals surface area contributed by atoms with E-state index in [9.17, 15) is 8.42 Å². The van der Waals surface area contributed by atoms with Crippen molar-refractivity contribution in [3.63, 3.8) is 0 Å². The lowest BCUT2D eigenvalue weighted by Gasteiger charge is -2.27. The fourth-order valence-corrected chi connectivity index (χ4v) is 3.65. The van der Waals surface area contributed by atoms with Crippen LogP contribution in [0.15, 0.2) is 0 Å².